The number of halogens is 1. The van der Waals surface area contributed by atoms with Crippen molar-refractivity contribution in [1.82, 2.24) is 0 Å². The zero-order valence-corrected chi connectivity index (χ0v) is 10.3. The van der Waals surface area contributed by atoms with E-state index in [2.05, 4.69) is 5.32 Å². The second kappa shape index (κ2) is 6.01. The number of rotatable bonds is 5. The van der Waals surface area contributed by atoms with Crippen LogP contribution in [0.2, 0.25) is 0 Å². The molecule has 0 fully saturated rings. The second-order valence-corrected chi connectivity index (χ2v) is 4.47. The first-order chi connectivity index (χ1) is 8.43. The van der Waals surface area contributed by atoms with Crippen molar-refractivity contribution >= 4 is 11.7 Å². The maximum atomic E-state index is 12.9. The van der Waals surface area contributed by atoms with Gasteiger partial charge in [0.25, 0.3) is 0 Å². The minimum Gasteiger partial charge on any atom is -0.480 e. The van der Waals surface area contributed by atoms with Crippen molar-refractivity contribution in [3.63, 3.8) is 0 Å². The Morgan fingerprint density at radius 3 is 2.72 bits per heavy atom. The van der Waals surface area contributed by atoms with E-state index in [1.54, 1.807) is 0 Å². The molecular weight excluding hydrogens is 235 g/mol. The van der Waals surface area contributed by atoms with Crippen LogP contribution in [0.5, 0.6) is 0 Å². The molecule has 4 nitrogen and oxygen atoms in total. The zero-order valence-electron chi connectivity index (χ0n) is 10.3. The molecule has 0 aliphatic carbocycles. The number of aliphatic carboxylic acids is 1. The monoisotopic (exact) mass is 250 g/mol. The molecule has 0 spiro atoms. The third-order valence-corrected chi connectivity index (χ3v) is 2.44. The van der Waals surface area contributed by atoms with Crippen LogP contribution in [0.4, 0.5) is 10.1 Å². The predicted molar refractivity (Wildman–Crippen MR) is 65.6 cm³/mol. The van der Waals surface area contributed by atoms with Gasteiger partial charge in [-0.05, 0) is 30.5 Å². The molecule has 0 bridgehead atoms. The molecule has 1 unspecified atom stereocenters. The highest BCUT2D eigenvalue weighted by atomic mass is 19.1. The number of nitrogens with one attached hydrogen (secondary N) is 1. The molecule has 1 aromatic rings. The van der Waals surface area contributed by atoms with Crippen molar-refractivity contribution in [3.8, 4) is 6.07 Å². The van der Waals surface area contributed by atoms with Crippen LogP contribution in [0.3, 0.4) is 0 Å². The summed E-state index contributed by atoms with van der Waals surface area (Å²) in [6, 6.07) is 4.70. The van der Waals surface area contributed by atoms with Crippen LogP contribution in [0.1, 0.15) is 25.8 Å². The largest absolute Gasteiger partial charge is 0.480 e. The van der Waals surface area contributed by atoms with Crippen LogP contribution in [0.25, 0.3) is 0 Å². The van der Waals surface area contributed by atoms with Crippen molar-refractivity contribution in [3.05, 3.63) is 29.6 Å². The number of carboxylic acid groups (broad SMARTS) is 1. The lowest BCUT2D eigenvalue weighted by molar-refractivity contribution is -0.138. The number of nitrogens with zero attached hydrogens (tertiary/aromatic N) is 1. The molecule has 96 valence electrons. The van der Waals surface area contributed by atoms with Gasteiger partial charge >= 0.3 is 5.97 Å². The molecule has 2 N–H and O–H groups in total. The van der Waals surface area contributed by atoms with E-state index in [0.29, 0.717) is 12.1 Å². The first-order valence-electron chi connectivity index (χ1n) is 5.63. The highest BCUT2D eigenvalue weighted by Gasteiger charge is 2.19. The van der Waals surface area contributed by atoms with Crippen LogP contribution in [0, 0.1) is 23.1 Å². The van der Waals surface area contributed by atoms with Crippen molar-refractivity contribution < 1.29 is 14.3 Å². The van der Waals surface area contributed by atoms with E-state index in [0.717, 1.165) is 6.07 Å². The van der Waals surface area contributed by atoms with Gasteiger partial charge in [-0.2, -0.15) is 5.26 Å². The van der Waals surface area contributed by atoms with Gasteiger partial charge < -0.3 is 10.4 Å². The van der Waals surface area contributed by atoms with Crippen molar-refractivity contribution in [2.75, 3.05) is 5.32 Å². The molecule has 0 radical (unpaired) electrons. The lowest BCUT2D eigenvalue weighted by atomic mass is 10.0. The Balaban J connectivity index is 2.94. The average Bonchev–Trinajstić information content (AvgIpc) is 2.29. The maximum absolute atomic E-state index is 12.9. The third kappa shape index (κ3) is 3.74. The predicted octanol–water partition coefficient (Wildman–Crippen LogP) is 2.61. The summed E-state index contributed by atoms with van der Waals surface area (Å²) in [5.41, 5.74) is 0.442. The molecule has 0 saturated carbocycles. The van der Waals surface area contributed by atoms with E-state index in [4.69, 9.17) is 10.4 Å². The molecule has 0 heterocycles. The number of hydrogen-bond acceptors (Lipinski definition) is 3. The van der Waals surface area contributed by atoms with Gasteiger partial charge in [-0.15, -0.1) is 0 Å². The van der Waals surface area contributed by atoms with Crippen LogP contribution in [0.15, 0.2) is 18.2 Å². The number of carbonyl (C=O) groups is 1. The van der Waals surface area contributed by atoms with Gasteiger partial charge in [0, 0.05) is 0 Å². The minimum atomic E-state index is -0.989. The average molecular weight is 250 g/mol. The Hall–Kier alpha value is -2.09. The quantitative estimate of drug-likeness (QED) is 0.842. The smallest absolute Gasteiger partial charge is 0.326 e. The van der Waals surface area contributed by atoms with E-state index in [9.17, 15) is 9.18 Å². The summed E-state index contributed by atoms with van der Waals surface area (Å²) in [6.07, 6.45) is 0.428. The van der Waals surface area contributed by atoms with Crippen LogP contribution >= 0.6 is 0 Å². The molecule has 5 heteroatoms. The number of carboxylic acids is 1. The number of nitriles is 1. The van der Waals surface area contributed by atoms with Gasteiger partial charge in [-0.3, -0.25) is 0 Å². The summed E-state index contributed by atoms with van der Waals surface area (Å²) < 4.78 is 12.9. The topological polar surface area (TPSA) is 73.1 Å². The van der Waals surface area contributed by atoms with Gasteiger partial charge in [-0.25, -0.2) is 9.18 Å². The van der Waals surface area contributed by atoms with E-state index in [1.165, 1.54) is 12.1 Å². The first kappa shape index (κ1) is 14.0. The summed E-state index contributed by atoms with van der Waals surface area (Å²) in [5, 5.41) is 20.7. The highest BCUT2D eigenvalue weighted by molar-refractivity contribution is 5.78. The second-order valence-electron chi connectivity index (χ2n) is 4.47. The van der Waals surface area contributed by atoms with Gasteiger partial charge in [0.05, 0.1) is 11.3 Å². The van der Waals surface area contributed by atoms with Crippen molar-refractivity contribution in [1.29, 1.82) is 5.26 Å². The molecule has 18 heavy (non-hydrogen) atoms. The van der Waals surface area contributed by atoms with Crippen molar-refractivity contribution in [2.45, 2.75) is 26.3 Å². The molecule has 0 aromatic heterocycles. The fourth-order valence-corrected chi connectivity index (χ4v) is 1.62. The SMILES string of the molecule is CC(C)CC(Nc1ccc(F)cc1C#N)C(=O)O. The van der Waals surface area contributed by atoms with E-state index in [-0.39, 0.29) is 11.5 Å². The van der Waals surface area contributed by atoms with Crippen LogP contribution < -0.4 is 5.32 Å². The number of benzene rings is 1. The fraction of sp³-hybridized carbons (Fsp3) is 0.385. The fourth-order valence-electron chi connectivity index (χ4n) is 1.62. The van der Waals surface area contributed by atoms with E-state index in [1.807, 2.05) is 19.9 Å². The van der Waals surface area contributed by atoms with Gasteiger partial charge in [0.15, 0.2) is 0 Å². The van der Waals surface area contributed by atoms with E-state index < -0.39 is 17.8 Å². The summed E-state index contributed by atoms with van der Waals surface area (Å²) in [4.78, 5) is 11.1. The lowest BCUT2D eigenvalue weighted by Gasteiger charge is -2.18. The molecule has 0 amide bonds. The third-order valence-electron chi connectivity index (χ3n) is 2.44. The maximum Gasteiger partial charge on any atom is 0.326 e. The summed E-state index contributed by atoms with van der Waals surface area (Å²) in [5.74, 6) is -1.31. The normalized spacial score (nSPS) is 11.9. The first-order valence-corrected chi connectivity index (χ1v) is 5.63. The summed E-state index contributed by atoms with van der Waals surface area (Å²) in [7, 11) is 0. The van der Waals surface area contributed by atoms with Gasteiger partial charge in [-0.1, -0.05) is 13.8 Å². The number of anilines is 1. The molecule has 0 aliphatic rings. The van der Waals surface area contributed by atoms with Gasteiger partial charge in [0.1, 0.15) is 17.9 Å². The van der Waals surface area contributed by atoms with Gasteiger partial charge in [0.2, 0.25) is 0 Å². The standard InChI is InChI=1S/C13H15FN2O2/c1-8(2)5-12(13(17)18)16-11-4-3-10(14)6-9(11)7-15/h3-4,6,8,12,16H,5H2,1-2H3,(H,17,18). The van der Waals surface area contributed by atoms with Crippen molar-refractivity contribution in [2.24, 2.45) is 5.92 Å². The Morgan fingerprint density at radius 1 is 1.56 bits per heavy atom. The minimum absolute atomic E-state index is 0.102. The summed E-state index contributed by atoms with van der Waals surface area (Å²) >= 11 is 0. The molecule has 0 saturated heterocycles. The molecule has 1 rings (SSSR count). The molecule has 0 aliphatic heterocycles. The molecule has 1 aromatic carbocycles. The lowest BCUT2D eigenvalue weighted by Crippen LogP contribution is -2.31. The Kier molecular flexibility index (Phi) is 4.67. The van der Waals surface area contributed by atoms with Crippen LogP contribution in [-0.4, -0.2) is 17.1 Å². The molecule has 1 atom stereocenters. The zero-order chi connectivity index (χ0) is 13.7. The van der Waals surface area contributed by atoms with Crippen LogP contribution in [-0.2, 0) is 4.79 Å². The molecular formula is C13H15FN2O2. The van der Waals surface area contributed by atoms with E-state index >= 15 is 0 Å². The number of hydrogen-bond donors (Lipinski definition) is 2. The highest BCUT2D eigenvalue weighted by Crippen LogP contribution is 2.19. The Bertz CT molecular complexity index is 480. The Labute approximate surface area is 105 Å². The summed E-state index contributed by atoms with van der Waals surface area (Å²) in [6.45, 7) is 3.82. The Morgan fingerprint density at radius 2 is 2.22 bits per heavy atom.